The Morgan fingerprint density at radius 3 is 2.88 bits per heavy atom. The molecule has 26 heavy (non-hydrogen) atoms. The molecule has 5 nitrogen and oxygen atoms in total. The van der Waals surface area contributed by atoms with Gasteiger partial charge in [0.2, 0.25) is 0 Å². The van der Waals surface area contributed by atoms with Crippen LogP contribution in [-0.4, -0.2) is 28.4 Å². The quantitative estimate of drug-likeness (QED) is 0.381. The number of methoxy groups -OCH3 is 1. The van der Waals surface area contributed by atoms with Gasteiger partial charge in [0.05, 0.1) is 24.6 Å². The molecule has 0 saturated carbocycles. The molecular weight excluding hydrogens is 368 g/mol. The zero-order valence-corrected chi connectivity index (χ0v) is 16.0. The van der Waals surface area contributed by atoms with Gasteiger partial charge in [0.25, 0.3) is 5.56 Å². The molecule has 2 aromatic heterocycles. The number of carbonyl (C=O) groups excluding carboxylic acids is 1. The van der Waals surface area contributed by atoms with Gasteiger partial charge < -0.3 is 4.74 Å². The van der Waals surface area contributed by atoms with Crippen LogP contribution in [0.3, 0.4) is 0 Å². The van der Waals surface area contributed by atoms with Gasteiger partial charge in [0, 0.05) is 10.6 Å². The van der Waals surface area contributed by atoms with Crippen molar-refractivity contribution in [1.29, 1.82) is 0 Å². The van der Waals surface area contributed by atoms with Crippen LogP contribution >= 0.6 is 23.1 Å². The van der Waals surface area contributed by atoms with E-state index in [1.807, 2.05) is 30.3 Å². The number of aromatic nitrogens is 2. The molecule has 1 aliphatic carbocycles. The predicted octanol–water partition coefficient (Wildman–Crippen LogP) is 3.59. The predicted molar refractivity (Wildman–Crippen MR) is 105 cm³/mol. The molecule has 0 aliphatic heterocycles. The van der Waals surface area contributed by atoms with Gasteiger partial charge in [0.15, 0.2) is 5.16 Å². The van der Waals surface area contributed by atoms with Crippen LogP contribution in [0.5, 0.6) is 0 Å². The Hall–Kier alpha value is -2.12. The van der Waals surface area contributed by atoms with Gasteiger partial charge >= 0.3 is 5.97 Å². The molecule has 4 rings (SSSR count). The van der Waals surface area contributed by atoms with E-state index in [4.69, 9.17) is 9.72 Å². The lowest BCUT2D eigenvalue weighted by Crippen LogP contribution is -2.22. The SMILES string of the molecule is COC(=O)CCSc1nc2sc3c(c2c(=O)n1-c1ccccc1)CCC3. The first-order valence-electron chi connectivity index (χ1n) is 8.51. The van der Waals surface area contributed by atoms with Crippen molar-refractivity contribution in [3.05, 3.63) is 51.1 Å². The standard InChI is InChI=1S/C19H18N2O3S2/c1-24-15(22)10-11-25-19-20-17-16(13-8-5-9-14(13)26-17)18(23)21(19)12-6-3-2-4-7-12/h2-4,6-7H,5,8-11H2,1H3. The van der Waals surface area contributed by atoms with Crippen molar-refractivity contribution in [3.63, 3.8) is 0 Å². The third-order valence-electron chi connectivity index (χ3n) is 4.49. The molecule has 3 aromatic rings. The maximum atomic E-state index is 13.3. The molecule has 0 unspecified atom stereocenters. The average Bonchev–Trinajstić information content (AvgIpc) is 3.23. The second-order valence-corrected chi connectivity index (χ2v) is 8.23. The number of thiophene rings is 1. The van der Waals surface area contributed by atoms with Gasteiger partial charge in [-0.05, 0) is 37.0 Å². The number of hydrogen-bond donors (Lipinski definition) is 0. The highest BCUT2D eigenvalue weighted by atomic mass is 32.2. The molecule has 0 bridgehead atoms. The van der Waals surface area contributed by atoms with Crippen molar-refractivity contribution in [2.24, 2.45) is 0 Å². The highest BCUT2D eigenvalue weighted by Crippen LogP contribution is 2.36. The maximum Gasteiger partial charge on any atom is 0.306 e. The molecule has 1 aliphatic rings. The Morgan fingerprint density at radius 2 is 2.12 bits per heavy atom. The van der Waals surface area contributed by atoms with Gasteiger partial charge in [-0.3, -0.25) is 14.2 Å². The largest absolute Gasteiger partial charge is 0.469 e. The normalized spacial score (nSPS) is 13.1. The van der Waals surface area contributed by atoms with E-state index < -0.39 is 0 Å². The second-order valence-electron chi connectivity index (χ2n) is 6.08. The molecule has 7 heteroatoms. The number of hydrogen-bond acceptors (Lipinski definition) is 6. The fraction of sp³-hybridized carbons (Fsp3) is 0.316. The lowest BCUT2D eigenvalue weighted by Gasteiger charge is -2.12. The number of rotatable bonds is 5. The monoisotopic (exact) mass is 386 g/mol. The van der Waals surface area contributed by atoms with Crippen molar-refractivity contribution < 1.29 is 9.53 Å². The number of carbonyl (C=O) groups is 1. The lowest BCUT2D eigenvalue weighted by molar-refractivity contribution is -0.140. The Labute approximate surface area is 159 Å². The molecule has 0 amide bonds. The van der Waals surface area contributed by atoms with E-state index in [2.05, 4.69) is 0 Å². The number of ether oxygens (including phenoxy) is 1. The van der Waals surface area contributed by atoms with E-state index in [1.54, 1.807) is 15.9 Å². The van der Waals surface area contributed by atoms with Crippen molar-refractivity contribution >= 4 is 39.3 Å². The minimum atomic E-state index is -0.262. The number of fused-ring (bicyclic) bond motifs is 3. The molecular formula is C19H18N2O3S2. The lowest BCUT2D eigenvalue weighted by atomic mass is 10.2. The Balaban J connectivity index is 1.84. The highest BCUT2D eigenvalue weighted by Gasteiger charge is 2.23. The molecule has 0 spiro atoms. The summed E-state index contributed by atoms with van der Waals surface area (Å²) in [6, 6.07) is 9.56. The summed E-state index contributed by atoms with van der Waals surface area (Å²) in [4.78, 5) is 31.7. The fourth-order valence-electron chi connectivity index (χ4n) is 3.25. The van der Waals surface area contributed by atoms with E-state index in [1.165, 1.54) is 29.3 Å². The van der Waals surface area contributed by atoms with E-state index in [0.29, 0.717) is 10.9 Å². The number of nitrogens with zero attached hydrogens (tertiary/aromatic N) is 2. The van der Waals surface area contributed by atoms with Crippen LogP contribution in [0.2, 0.25) is 0 Å². The maximum absolute atomic E-state index is 13.3. The van der Waals surface area contributed by atoms with Crippen LogP contribution < -0.4 is 5.56 Å². The minimum Gasteiger partial charge on any atom is -0.469 e. The first kappa shape index (κ1) is 17.3. The zero-order valence-electron chi connectivity index (χ0n) is 14.4. The third-order valence-corrected chi connectivity index (χ3v) is 6.61. The Kier molecular flexibility index (Phi) is 4.82. The van der Waals surface area contributed by atoms with Gasteiger partial charge in [-0.15, -0.1) is 11.3 Å². The van der Waals surface area contributed by atoms with Gasteiger partial charge in [-0.2, -0.15) is 0 Å². The molecule has 0 fully saturated rings. The van der Waals surface area contributed by atoms with Crippen molar-refractivity contribution in [2.45, 2.75) is 30.8 Å². The number of benzene rings is 1. The van der Waals surface area contributed by atoms with Crippen LogP contribution in [0.1, 0.15) is 23.3 Å². The number of thioether (sulfide) groups is 1. The summed E-state index contributed by atoms with van der Waals surface area (Å²) in [5.41, 5.74) is 1.96. The summed E-state index contributed by atoms with van der Waals surface area (Å²) >= 11 is 3.05. The van der Waals surface area contributed by atoms with E-state index >= 15 is 0 Å². The summed E-state index contributed by atoms with van der Waals surface area (Å²) in [6.07, 6.45) is 3.38. The van der Waals surface area contributed by atoms with Crippen LogP contribution in [0.15, 0.2) is 40.3 Å². The Bertz CT molecular complexity index is 1020. The van der Waals surface area contributed by atoms with Crippen LogP contribution in [0.25, 0.3) is 15.9 Å². The molecule has 2 heterocycles. The van der Waals surface area contributed by atoms with Crippen molar-refractivity contribution in [2.75, 3.05) is 12.9 Å². The van der Waals surface area contributed by atoms with Crippen molar-refractivity contribution in [3.8, 4) is 5.69 Å². The van der Waals surface area contributed by atoms with E-state index in [-0.39, 0.29) is 17.9 Å². The van der Waals surface area contributed by atoms with Crippen molar-refractivity contribution in [1.82, 2.24) is 9.55 Å². The average molecular weight is 386 g/mol. The minimum absolute atomic E-state index is 0.0128. The summed E-state index contributed by atoms with van der Waals surface area (Å²) in [7, 11) is 1.38. The number of esters is 1. The van der Waals surface area contributed by atoms with Gasteiger partial charge in [-0.1, -0.05) is 30.0 Å². The number of aryl methyl sites for hydroxylation is 2. The molecule has 0 N–H and O–H groups in total. The summed E-state index contributed by atoms with van der Waals surface area (Å²) in [6.45, 7) is 0. The second kappa shape index (κ2) is 7.25. The van der Waals surface area contributed by atoms with Crippen LogP contribution in [-0.2, 0) is 22.4 Å². The summed E-state index contributed by atoms with van der Waals surface area (Å²) < 4.78 is 6.38. The summed E-state index contributed by atoms with van der Waals surface area (Å²) in [5, 5.41) is 1.39. The summed E-state index contributed by atoms with van der Waals surface area (Å²) in [5.74, 6) is 0.255. The fourth-order valence-corrected chi connectivity index (χ4v) is 5.49. The van der Waals surface area contributed by atoms with Crippen LogP contribution in [0.4, 0.5) is 0 Å². The van der Waals surface area contributed by atoms with E-state index in [0.717, 1.165) is 35.2 Å². The van der Waals surface area contributed by atoms with E-state index in [9.17, 15) is 9.59 Å². The smallest absolute Gasteiger partial charge is 0.306 e. The van der Waals surface area contributed by atoms with Gasteiger partial charge in [0.1, 0.15) is 4.83 Å². The molecule has 0 atom stereocenters. The zero-order chi connectivity index (χ0) is 18.1. The first-order chi connectivity index (χ1) is 12.7. The molecule has 0 saturated heterocycles. The topological polar surface area (TPSA) is 61.2 Å². The highest BCUT2D eigenvalue weighted by molar-refractivity contribution is 7.99. The third kappa shape index (κ3) is 3.05. The molecule has 1 aromatic carbocycles. The van der Waals surface area contributed by atoms with Crippen LogP contribution in [0, 0.1) is 0 Å². The Morgan fingerprint density at radius 1 is 1.31 bits per heavy atom. The molecule has 134 valence electrons. The first-order valence-corrected chi connectivity index (χ1v) is 10.3. The number of para-hydroxylation sites is 1. The molecule has 0 radical (unpaired) electrons. The van der Waals surface area contributed by atoms with Gasteiger partial charge in [-0.25, -0.2) is 4.98 Å².